The highest BCUT2D eigenvalue weighted by Gasteiger charge is 2.18. The van der Waals surface area contributed by atoms with Crippen LogP contribution in [0.15, 0.2) is 48.5 Å². The molecule has 1 aromatic heterocycles. The van der Waals surface area contributed by atoms with Crippen LogP contribution in [-0.2, 0) is 0 Å². The first kappa shape index (κ1) is 13.7. The minimum atomic E-state index is -0.441. The van der Waals surface area contributed by atoms with Crippen molar-refractivity contribution in [1.29, 1.82) is 0 Å². The first-order valence-electron chi connectivity index (χ1n) is 6.49. The third kappa shape index (κ3) is 2.51. The number of rotatable bonds is 4. The molecule has 0 aliphatic heterocycles. The van der Waals surface area contributed by atoms with Crippen LogP contribution in [0.3, 0.4) is 0 Å². The van der Waals surface area contributed by atoms with Crippen LogP contribution in [0.1, 0.15) is 0 Å². The first-order valence-corrected chi connectivity index (χ1v) is 6.49. The molecule has 0 atom stereocenters. The van der Waals surface area contributed by atoms with Gasteiger partial charge in [-0.25, -0.2) is 4.98 Å². The van der Waals surface area contributed by atoms with E-state index in [1.807, 2.05) is 18.2 Å². The summed E-state index contributed by atoms with van der Waals surface area (Å²) >= 11 is 0. The molecular formula is C15H12N4O3. The predicted molar refractivity (Wildman–Crippen MR) is 80.5 cm³/mol. The third-order valence-electron chi connectivity index (χ3n) is 3.17. The van der Waals surface area contributed by atoms with Crippen LogP contribution in [0.5, 0.6) is 5.75 Å². The maximum atomic E-state index is 11.1. The summed E-state index contributed by atoms with van der Waals surface area (Å²) in [6.07, 6.45) is 0. The van der Waals surface area contributed by atoms with Crippen molar-refractivity contribution in [3.05, 3.63) is 58.6 Å². The lowest BCUT2D eigenvalue weighted by Crippen LogP contribution is -1.92. The van der Waals surface area contributed by atoms with Crippen LogP contribution in [-0.4, -0.2) is 27.2 Å². The van der Waals surface area contributed by atoms with Gasteiger partial charge in [0.2, 0.25) is 0 Å². The highest BCUT2D eigenvalue weighted by atomic mass is 16.6. The Hall–Kier alpha value is -3.22. The number of hydrogen-bond acceptors (Lipinski definition) is 5. The van der Waals surface area contributed by atoms with E-state index in [0.29, 0.717) is 23.0 Å². The summed E-state index contributed by atoms with van der Waals surface area (Å²) in [6, 6.07) is 13.7. The van der Waals surface area contributed by atoms with Gasteiger partial charge < -0.3 is 4.74 Å². The number of aromatic amines is 1. The molecule has 0 spiro atoms. The minimum Gasteiger partial charge on any atom is -0.497 e. The Morgan fingerprint density at radius 2 is 2.00 bits per heavy atom. The van der Waals surface area contributed by atoms with Gasteiger partial charge in [0.1, 0.15) is 5.75 Å². The van der Waals surface area contributed by atoms with Crippen molar-refractivity contribution in [3.8, 4) is 28.5 Å². The third-order valence-corrected chi connectivity index (χ3v) is 3.17. The largest absolute Gasteiger partial charge is 0.497 e. The maximum absolute atomic E-state index is 11.1. The van der Waals surface area contributed by atoms with Gasteiger partial charge in [-0.05, 0) is 18.2 Å². The minimum absolute atomic E-state index is 0.0177. The van der Waals surface area contributed by atoms with E-state index in [0.717, 1.165) is 5.56 Å². The number of hydrogen-bond donors (Lipinski definition) is 1. The Morgan fingerprint density at radius 3 is 2.77 bits per heavy atom. The summed E-state index contributed by atoms with van der Waals surface area (Å²) in [4.78, 5) is 15.0. The molecular weight excluding hydrogens is 284 g/mol. The van der Waals surface area contributed by atoms with Crippen molar-refractivity contribution in [3.63, 3.8) is 0 Å². The number of para-hydroxylation sites is 1. The Morgan fingerprint density at radius 1 is 1.18 bits per heavy atom. The first-order chi connectivity index (χ1) is 10.7. The average Bonchev–Trinajstić information content (AvgIpc) is 3.05. The second-order valence-electron chi connectivity index (χ2n) is 4.51. The average molecular weight is 296 g/mol. The zero-order valence-electron chi connectivity index (χ0n) is 11.7. The Kier molecular flexibility index (Phi) is 3.53. The van der Waals surface area contributed by atoms with E-state index in [9.17, 15) is 10.1 Å². The fourth-order valence-corrected chi connectivity index (χ4v) is 2.11. The number of nitrogens with zero attached hydrogens (tertiary/aromatic N) is 3. The van der Waals surface area contributed by atoms with Gasteiger partial charge in [-0.2, -0.15) is 5.10 Å². The van der Waals surface area contributed by atoms with E-state index in [4.69, 9.17) is 4.74 Å². The summed E-state index contributed by atoms with van der Waals surface area (Å²) in [5, 5.41) is 18.0. The second-order valence-corrected chi connectivity index (χ2v) is 4.51. The maximum Gasteiger partial charge on any atom is 0.280 e. The molecule has 0 aliphatic carbocycles. The molecule has 3 aromatic rings. The van der Waals surface area contributed by atoms with E-state index in [-0.39, 0.29) is 5.69 Å². The standard InChI is InChI=1S/C15H12N4O3/c1-22-11-6-4-5-10(9-11)14-16-15(18-17-14)12-7-2-3-8-13(12)19(20)21/h2-9H,1H3,(H,16,17,18). The summed E-state index contributed by atoms with van der Waals surface area (Å²) in [7, 11) is 1.58. The molecule has 1 heterocycles. The molecule has 3 rings (SSSR count). The number of ether oxygens (including phenoxy) is 1. The summed E-state index contributed by atoms with van der Waals surface area (Å²) in [5.74, 6) is 1.49. The van der Waals surface area contributed by atoms with E-state index in [1.165, 1.54) is 6.07 Å². The monoisotopic (exact) mass is 296 g/mol. The molecule has 0 radical (unpaired) electrons. The van der Waals surface area contributed by atoms with E-state index < -0.39 is 4.92 Å². The predicted octanol–water partition coefficient (Wildman–Crippen LogP) is 3.06. The number of nitro groups is 1. The Bertz CT molecular complexity index is 829. The molecule has 0 fully saturated rings. The molecule has 0 bridgehead atoms. The molecule has 7 heteroatoms. The summed E-state index contributed by atoms with van der Waals surface area (Å²) < 4.78 is 5.16. The Balaban J connectivity index is 2.02. The molecule has 1 N–H and O–H groups in total. The van der Waals surface area contributed by atoms with E-state index in [2.05, 4.69) is 15.2 Å². The molecule has 2 aromatic carbocycles. The molecule has 0 unspecified atom stereocenters. The van der Waals surface area contributed by atoms with Crippen LogP contribution in [0.4, 0.5) is 5.69 Å². The topological polar surface area (TPSA) is 93.9 Å². The number of H-pyrrole nitrogens is 1. The molecule has 0 saturated carbocycles. The molecule has 22 heavy (non-hydrogen) atoms. The summed E-state index contributed by atoms with van der Waals surface area (Å²) in [5.41, 5.74) is 1.14. The zero-order chi connectivity index (χ0) is 15.5. The molecule has 110 valence electrons. The van der Waals surface area contributed by atoms with Gasteiger partial charge in [-0.3, -0.25) is 15.2 Å². The van der Waals surface area contributed by atoms with Crippen LogP contribution in [0.2, 0.25) is 0 Å². The van der Waals surface area contributed by atoms with Crippen molar-refractivity contribution < 1.29 is 9.66 Å². The van der Waals surface area contributed by atoms with Crippen molar-refractivity contribution in [1.82, 2.24) is 15.2 Å². The van der Waals surface area contributed by atoms with Gasteiger partial charge in [-0.15, -0.1) is 0 Å². The van der Waals surface area contributed by atoms with Crippen molar-refractivity contribution in [2.24, 2.45) is 0 Å². The number of nitro benzene ring substituents is 1. The fourth-order valence-electron chi connectivity index (χ4n) is 2.11. The molecule has 7 nitrogen and oxygen atoms in total. The number of nitrogens with one attached hydrogen (secondary N) is 1. The smallest absolute Gasteiger partial charge is 0.280 e. The summed E-state index contributed by atoms with van der Waals surface area (Å²) in [6.45, 7) is 0. The lowest BCUT2D eigenvalue weighted by molar-refractivity contribution is -0.384. The van der Waals surface area contributed by atoms with Crippen LogP contribution >= 0.6 is 0 Å². The van der Waals surface area contributed by atoms with Gasteiger partial charge in [0.05, 0.1) is 17.6 Å². The highest BCUT2D eigenvalue weighted by molar-refractivity contribution is 5.69. The Labute approximate surface area is 125 Å². The SMILES string of the molecule is COc1cccc(-c2n[nH]c(-c3ccccc3[N+](=O)[O-])n2)c1. The number of methoxy groups -OCH3 is 1. The lowest BCUT2D eigenvalue weighted by Gasteiger charge is -2.00. The van der Waals surface area contributed by atoms with Gasteiger partial charge >= 0.3 is 0 Å². The van der Waals surface area contributed by atoms with Gasteiger partial charge in [0.15, 0.2) is 11.6 Å². The zero-order valence-corrected chi connectivity index (χ0v) is 11.7. The quantitative estimate of drug-likeness (QED) is 0.590. The molecule has 0 amide bonds. The van der Waals surface area contributed by atoms with Crippen LogP contribution < -0.4 is 4.74 Å². The fraction of sp³-hybridized carbons (Fsp3) is 0.0667. The van der Waals surface area contributed by atoms with Crippen molar-refractivity contribution >= 4 is 5.69 Å². The highest BCUT2D eigenvalue weighted by Crippen LogP contribution is 2.28. The second kappa shape index (κ2) is 5.65. The van der Waals surface area contributed by atoms with E-state index >= 15 is 0 Å². The van der Waals surface area contributed by atoms with Gasteiger partial charge in [0, 0.05) is 11.6 Å². The van der Waals surface area contributed by atoms with Crippen LogP contribution in [0, 0.1) is 10.1 Å². The van der Waals surface area contributed by atoms with Crippen molar-refractivity contribution in [2.75, 3.05) is 7.11 Å². The van der Waals surface area contributed by atoms with E-state index in [1.54, 1.807) is 31.4 Å². The normalized spacial score (nSPS) is 10.4. The number of aromatic nitrogens is 3. The molecule has 0 saturated heterocycles. The van der Waals surface area contributed by atoms with Crippen molar-refractivity contribution in [2.45, 2.75) is 0 Å². The van der Waals surface area contributed by atoms with Gasteiger partial charge in [-0.1, -0.05) is 24.3 Å². The van der Waals surface area contributed by atoms with Gasteiger partial charge in [0.25, 0.3) is 5.69 Å². The van der Waals surface area contributed by atoms with Crippen LogP contribution in [0.25, 0.3) is 22.8 Å². The lowest BCUT2D eigenvalue weighted by atomic mass is 10.1. The number of benzene rings is 2. The molecule has 0 aliphatic rings.